The first-order valence-electron chi connectivity index (χ1n) is 17.2. The van der Waals surface area contributed by atoms with Crippen LogP contribution in [0.3, 0.4) is 0 Å². The summed E-state index contributed by atoms with van der Waals surface area (Å²) in [4.78, 5) is 0. The van der Waals surface area contributed by atoms with Crippen LogP contribution in [0.5, 0.6) is 0 Å². The molecule has 8 aromatic rings. The van der Waals surface area contributed by atoms with Crippen molar-refractivity contribution in [2.45, 2.75) is 12.1 Å². The summed E-state index contributed by atoms with van der Waals surface area (Å²) in [6.07, 6.45) is 0. The molecule has 0 saturated carbocycles. The summed E-state index contributed by atoms with van der Waals surface area (Å²) in [6.45, 7) is 0. The van der Waals surface area contributed by atoms with Crippen LogP contribution in [-0.2, 0) is 11.2 Å². The number of anilines is 2. The minimum absolute atomic E-state index is 0.0392. The molecule has 0 heterocycles. The third-order valence-corrected chi connectivity index (χ3v) is 10.4. The molecule has 0 spiro atoms. The van der Waals surface area contributed by atoms with Crippen LogP contribution in [0.2, 0.25) is 0 Å². The molecular formula is C46H32Cl3FeN2. The van der Waals surface area contributed by atoms with Crippen LogP contribution in [0.15, 0.2) is 170 Å². The fourth-order valence-electron chi connectivity index (χ4n) is 8.26. The molecule has 0 radical (unpaired) electrons. The topological polar surface area (TPSA) is 24.1 Å². The molecule has 0 amide bonds. The van der Waals surface area contributed by atoms with Crippen LogP contribution >= 0.6 is 30.3 Å². The first-order chi connectivity index (χ1) is 25.6. The van der Waals surface area contributed by atoms with E-state index in [1.54, 1.807) is 0 Å². The second-order valence-corrected chi connectivity index (χ2v) is 18.5. The van der Waals surface area contributed by atoms with E-state index in [0.29, 0.717) is 0 Å². The smallest absolute Gasteiger partial charge is 0.0779 e. The largest absolute Gasteiger partial charge is 0.374 e. The first kappa shape index (κ1) is 33.1. The van der Waals surface area contributed by atoms with Gasteiger partial charge in [0.05, 0.1) is 12.1 Å². The molecule has 0 aliphatic heterocycles. The zero-order chi connectivity index (χ0) is 35.2. The van der Waals surface area contributed by atoms with E-state index in [4.69, 9.17) is 30.3 Å². The molecule has 52 heavy (non-hydrogen) atoms. The molecule has 6 heteroatoms. The molecule has 0 saturated heterocycles. The van der Waals surface area contributed by atoms with E-state index >= 15 is 0 Å². The van der Waals surface area contributed by atoms with Crippen molar-refractivity contribution in [3.05, 3.63) is 192 Å². The SMILES string of the molecule is [Cl][Fe]([Cl])[Cl].c1ccc2c(c1)-c1ccccc1C2Nc1ccc2ccccc2c1-c1c(NC2c3ccccc3-c3ccccc32)ccc2ccccc12. The van der Waals surface area contributed by atoms with Crippen molar-refractivity contribution in [1.29, 1.82) is 0 Å². The van der Waals surface area contributed by atoms with Crippen molar-refractivity contribution >= 4 is 63.2 Å². The van der Waals surface area contributed by atoms with Gasteiger partial charge in [-0.3, -0.25) is 0 Å². The number of benzene rings is 8. The number of fused-ring (bicyclic) bond motifs is 8. The van der Waals surface area contributed by atoms with Crippen LogP contribution < -0.4 is 10.6 Å². The average Bonchev–Trinajstić information content (AvgIpc) is 3.67. The molecule has 2 aliphatic rings. The predicted octanol–water partition coefficient (Wildman–Crippen LogP) is 14.1. The monoisotopic (exact) mass is 773 g/mol. The third kappa shape index (κ3) is 5.84. The van der Waals surface area contributed by atoms with Crippen molar-refractivity contribution in [2.75, 3.05) is 10.6 Å². The maximum Gasteiger partial charge on any atom is 0.0779 e. The van der Waals surface area contributed by atoms with E-state index in [1.807, 2.05) is 0 Å². The molecule has 0 aromatic heterocycles. The molecule has 2 nitrogen and oxygen atoms in total. The van der Waals surface area contributed by atoms with Crippen LogP contribution in [0, 0.1) is 0 Å². The number of nitrogens with one attached hydrogen (secondary N) is 2. The number of hydrogen-bond acceptors (Lipinski definition) is 2. The summed E-state index contributed by atoms with van der Waals surface area (Å²) in [7, 11) is 14.7. The van der Waals surface area contributed by atoms with Crippen molar-refractivity contribution in [3.63, 3.8) is 0 Å². The Morgan fingerprint density at radius 1 is 0.346 bits per heavy atom. The van der Waals surface area contributed by atoms with E-state index in [-0.39, 0.29) is 12.1 Å². The van der Waals surface area contributed by atoms with E-state index in [9.17, 15) is 0 Å². The molecule has 2 N–H and O–H groups in total. The summed E-state index contributed by atoms with van der Waals surface area (Å²) in [6, 6.07) is 62.1. The molecule has 0 unspecified atom stereocenters. The number of hydrogen-bond donors (Lipinski definition) is 2. The second kappa shape index (κ2) is 14.0. The minimum Gasteiger partial charge on any atom is -0.374 e. The van der Waals surface area contributed by atoms with E-state index in [0.717, 1.165) is 11.4 Å². The molecule has 0 fully saturated rings. The van der Waals surface area contributed by atoms with Gasteiger partial charge in [-0.1, -0.05) is 158 Å². The van der Waals surface area contributed by atoms with Gasteiger partial charge in [-0.25, -0.2) is 0 Å². The molecular weight excluding hydrogens is 743 g/mol. The van der Waals surface area contributed by atoms with Gasteiger partial charge in [0.1, 0.15) is 0 Å². The van der Waals surface area contributed by atoms with Crippen molar-refractivity contribution in [2.24, 2.45) is 0 Å². The normalized spacial score (nSPS) is 13.1. The van der Waals surface area contributed by atoms with Gasteiger partial charge in [0.15, 0.2) is 0 Å². The Hall–Kier alpha value is -4.73. The molecule has 2 aliphatic carbocycles. The minimum atomic E-state index is -1.33. The Balaban J connectivity index is 0.000000859. The van der Waals surface area contributed by atoms with Crippen molar-refractivity contribution in [1.82, 2.24) is 0 Å². The van der Waals surface area contributed by atoms with E-state index < -0.39 is 11.2 Å². The third-order valence-electron chi connectivity index (χ3n) is 10.4. The van der Waals surface area contributed by atoms with Crippen molar-refractivity contribution < 1.29 is 11.2 Å². The van der Waals surface area contributed by atoms with Crippen LogP contribution in [0.25, 0.3) is 54.9 Å². The molecule has 0 bridgehead atoms. The van der Waals surface area contributed by atoms with Crippen LogP contribution in [-0.4, -0.2) is 0 Å². The summed E-state index contributed by atoms with van der Waals surface area (Å²) >= 11 is -1.33. The summed E-state index contributed by atoms with van der Waals surface area (Å²) in [5.74, 6) is 0. The van der Waals surface area contributed by atoms with Gasteiger partial charge in [0, 0.05) is 22.5 Å². The summed E-state index contributed by atoms with van der Waals surface area (Å²) in [5.41, 5.74) is 15.1. The zero-order valence-electron chi connectivity index (χ0n) is 27.8. The fraction of sp³-hybridized carbons (Fsp3) is 0.0435. The summed E-state index contributed by atoms with van der Waals surface area (Å²) in [5, 5.41) is 13.1. The number of rotatable bonds is 5. The summed E-state index contributed by atoms with van der Waals surface area (Å²) < 4.78 is 0. The van der Waals surface area contributed by atoms with Crippen LogP contribution in [0.4, 0.5) is 11.4 Å². The van der Waals surface area contributed by atoms with E-state index in [1.165, 1.54) is 77.2 Å². The maximum absolute atomic E-state index is 4.89. The molecule has 0 atom stereocenters. The zero-order valence-corrected chi connectivity index (χ0v) is 31.2. The quantitative estimate of drug-likeness (QED) is 0.170. The number of halogens is 3. The second-order valence-electron chi connectivity index (χ2n) is 13.1. The average molecular weight is 775 g/mol. The maximum atomic E-state index is 4.89. The van der Waals surface area contributed by atoms with Gasteiger partial charge in [-0.15, -0.1) is 0 Å². The van der Waals surface area contributed by atoms with Gasteiger partial charge >= 0.3 is 41.5 Å². The standard InChI is InChI=1S/C46H32N2.3ClH.Fe/c1-3-15-31-29(13-1)25-27-41(47-45-37-21-9-5-17-33(37)34-18-6-10-22-38(34)45)43(31)44-32-16-4-2-14-30(32)26-28-42(44)48-46-39-23-11-7-19-35(39)36-20-8-12-24-40(36)46;;;;/h1-28,45-48H;3*1H;/q;;;;+3/p-3. The Bertz CT molecular complexity index is 2350. The molecule has 8 aromatic carbocycles. The van der Waals surface area contributed by atoms with Crippen LogP contribution in [0.1, 0.15) is 34.3 Å². The fourth-order valence-corrected chi connectivity index (χ4v) is 8.26. The van der Waals surface area contributed by atoms with Gasteiger partial charge in [-0.2, -0.15) is 0 Å². The van der Waals surface area contributed by atoms with Gasteiger partial charge in [0.25, 0.3) is 0 Å². The predicted molar refractivity (Wildman–Crippen MR) is 219 cm³/mol. The molecule has 10 rings (SSSR count). The van der Waals surface area contributed by atoms with Gasteiger partial charge in [-0.05, 0) is 78.2 Å². The Morgan fingerprint density at radius 3 is 0.981 bits per heavy atom. The first-order valence-corrected chi connectivity index (χ1v) is 21.7. The van der Waals surface area contributed by atoms with Gasteiger partial charge < -0.3 is 10.6 Å². The molecule has 255 valence electrons. The van der Waals surface area contributed by atoms with Gasteiger partial charge in [0.2, 0.25) is 0 Å². The Kier molecular flexibility index (Phi) is 8.93. The van der Waals surface area contributed by atoms with Crippen molar-refractivity contribution in [3.8, 4) is 33.4 Å². The Labute approximate surface area is 320 Å². The van der Waals surface area contributed by atoms with E-state index in [2.05, 4.69) is 180 Å². The Morgan fingerprint density at radius 2 is 0.635 bits per heavy atom.